The van der Waals surface area contributed by atoms with E-state index in [2.05, 4.69) is 19.6 Å². The summed E-state index contributed by atoms with van der Waals surface area (Å²) in [5, 5.41) is 0.206. The van der Waals surface area contributed by atoms with Gasteiger partial charge in [-0.3, -0.25) is 14.7 Å². The SMILES string of the molecule is CB(OC(C)(C)C(C)(C)OCOCC[Si](C)(C)C)c1ccc(F)c([C@@]2(C)N=C(N(C)C(=O)OC(C)(C)C)S[C@](C)(C(N)=O)[C@H]2C)c1. The van der Waals surface area contributed by atoms with Gasteiger partial charge < -0.3 is 24.6 Å². The zero-order valence-electron chi connectivity index (χ0n) is 30.7. The number of amides is 2. The Morgan fingerprint density at radius 2 is 1.70 bits per heavy atom. The standard InChI is InChI=1S/C33H57BFN3O6SSi/c1-22-32(9,37-27(45-33(22,10)26(36)39)38(12)28(40)43-29(2,3)4)24-20-23(16-17-25(24)35)34(11)44-31(7,8)30(5,6)42-21-41-18-19-46(13,14)15/h16-17,20,22H,18-19,21H2,1-15H3,(H2,36,39)/t22-,32-,33-/m0/s1. The Morgan fingerprint density at radius 1 is 1.11 bits per heavy atom. The maximum Gasteiger partial charge on any atom is 0.416 e. The molecule has 0 aromatic heterocycles. The molecule has 0 aliphatic carbocycles. The largest absolute Gasteiger partial charge is 0.443 e. The van der Waals surface area contributed by atoms with Crippen LogP contribution in [0.1, 0.15) is 74.8 Å². The van der Waals surface area contributed by atoms with Crippen molar-refractivity contribution in [2.24, 2.45) is 16.6 Å². The lowest BCUT2D eigenvalue weighted by atomic mass is 9.61. The number of carbonyl (C=O) groups excluding carboxylic acids is 2. The number of hydrogen-bond acceptors (Lipinski definition) is 8. The van der Waals surface area contributed by atoms with Gasteiger partial charge in [0.05, 0.1) is 16.7 Å². The van der Waals surface area contributed by atoms with Crippen molar-refractivity contribution in [3.63, 3.8) is 0 Å². The first-order valence-electron chi connectivity index (χ1n) is 15.9. The predicted molar refractivity (Wildman–Crippen MR) is 190 cm³/mol. The molecule has 0 bridgehead atoms. The van der Waals surface area contributed by atoms with Crippen molar-refractivity contribution in [1.29, 1.82) is 0 Å². The molecular formula is C33H57BFN3O6SSi. The molecule has 1 aromatic carbocycles. The van der Waals surface area contributed by atoms with Crippen LogP contribution in [0.5, 0.6) is 0 Å². The second-order valence-electron chi connectivity index (χ2n) is 15.9. The predicted octanol–water partition coefficient (Wildman–Crippen LogP) is 6.62. The molecule has 2 rings (SSSR count). The number of ether oxygens (including phenoxy) is 3. The number of primary amides is 1. The van der Waals surface area contributed by atoms with Crippen molar-refractivity contribution in [3.05, 3.63) is 29.6 Å². The van der Waals surface area contributed by atoms with Crippen LogP contribution >= 0.6 is 11.8 Å². The van der Waals surface area contributed by atoms with Gasteiger partial charge in [0.15, 0.2) is 5.17 Å². The van der Waals surface area contributed by atoms with Gasteiger partial charge in [-0.25, -0.2) is 9.18 Å². The molecule has 1 aliphatic heterocycles. The number of aliphatic imine (C=N–C) groups is 1. The lowest BCUT2D eigenvalue weighted by Gasteiger charge is -2.47. The number of carbonyl (C=O) groups is 2. The monoisotopic (exact) mass is 681 g/mol. The zero-order valence-corrected chi connectivity index (χ0v) is 32.5. The van der Waals surface area contributed by atoms with Crippen LogP contribution in [0, 0.1) is 11.7 Å². The summed E-state index contributed by atoms with van der Waals surface area (Å²) in [6, 6.07) is 5.85. The number of hydrogen-bond donors (Lipinski definition) is 1. The molecule has 1 heterocycles. The summed E-state index contributed by atoms with van der Waals surface area (Å²) in [4.78, 5) is 32.1. The fraction of sp³-hybridized carbons (Fsp3) is 0.727. The highest BCUT2D eigenvalue weighted by Crippen LogP contribution is 2.51. The number of rotatable bonds is 12. The molecule has 1 aliphatic rings. The molecule has 3 atom stereocenters. The molecule has 13 heteroatoms. The zero-order chi connectivity index (χ0) is 35.7. The van der Waals surface area contributed by atoms with Gasteiger partial charge in [-0.05, 0) is 79.9 Å². The van der Waals surface area contributed by atoms with Crippen LogP contribution in [0.2, 0.25) is 32.5 Å². The minimum absolute atomic E-state index is 0.157. The molecule has 1 aromatic rings. The maximum absolute atomic E-state index is 15.8. The molecule has 0 spiro atoms. The number of halogens is 1. The number of amidine groups is 1. The quantitative estimate of drug-likeness (QED) is 0.150. The van der Waals surface area contributed by atoms with Gasteiger partial charge >= 0.3 is 13.0 Å². The van der Waals surface area contributed by atoms with Crippen LogP contribution in [-0.4, -0.2) is 79.1 Å². The van der Waals surface area contributed by atoms with Crippen molar-refractivity contribution >= 4 is 49.4 Å². The van der Waals surface area contributed by atoms with E-state index in [1.807, 2.05) is 41.4 Å². The van der Waals surface area contributed by atoms with Crippen LogP contribution in [0.3, 0.4) is 0 Å². The Bertz CT molecular complexity index is 1300. The van der Waals surface area contributed by atoms with Crippen molar-refractivity contribution in [2.75, 3.05) is 20.4 Å². The van der Waals surface area contributed by atoms with E-state index in [4.69, 9.17) is 29.6 Å². The normalized spacial score (nSPS) is 22.7. The number of nitrogens with two attached hydrogens (primary N) is 1. The third-order valence-electron chi connectivity index (χ3n) is 9.17. The van der Waals surface area contributed by atoms with E-state index in [0.717, 1.165) is 23.3 Å². The molecule has 46 heavy (non-hydrogen) atoms. The summed E-state index contributed by atoms with van der Waals surface area (Å²) in [6.07, 6.45) is -0.646. The molecular weight excluding hydrogens is 624 g/mol. The Labute approximate surface area is 282 Å². The van der Waals surface area contributed by atoms with Crippen molar-refractivity contribution in [1.82, 2.24) is 4.90 Å². The fourth-order valence-corrected chi connectivity index (χ4v) is 6.97. The first-order valence-corrected chi connectivity index (χ1v) is 20.4. The highest BCUT2D eigenvalue weighted by atomic mass is 32.2. The van der Waals surface area contributed by atoms with Crippen LogP contribution in [0.15, 0.2) is 23.2 Å². The smallest absolute Gasteiger partial charge is 0.416 e. The van der Waals surface area contributed by atoms with Gasteiger partial charge in [0.1, 0.15) is 23.0 Å². The van der Waals surface area contributed by atoms with Gasteiger partial charge in [-0.1, -0.05) is 57.3 Å². The summed E-state index contributed by atoms with van der Waals surface area (Å²) in [6.45, 7) is 27.6. The third kappa shape index (κ3) is 9.58. The number of nitrogens with zero attached hydrogens (tertiary/aromatic N) is 2. The summed E-state index contributed by atoms with van der Waals surface area (Å²) in [5.41, 5.74) is 3.44. The second-order valence-corrected chi connectivity index (χ2v) is 22.9. The molecule has 260 valence electrons. The maximum atomic E-state index is 15.8. The first kappa shape index (κ1) is 40.2. The van der Waals surface area contributed by atoms with E-state index in [0.29, 0.717) is 6.61 Å². The number of benzene rings is 1. The third-order valence-corrected chi connectivity index (χ3v) is 12.4. The van der Waals surface area contributed by atoms with E-state index in [1.165, 1.54) is 18.0 Å². The van der Waals surface area contributed by atoms with Gasteiger partial charge in [0, 0.05) is 33.2 Å². The van der Waals surface area contributed by atoms with Crippen molar-refractivity contribution in [2.45, 2.75) is 129 Å². The van der Waals surface area contributed by atoms with Crippen LogP contribution < -0.4 is 11.2 Å². The minimum atomic E-state index is -1.27. The number of thioether (sulfide) groups is 1. The van der Waals surface area contributed by atoms with Gasteiger partial charge in [0.2, 0.25) is 5.91 Å². The molecule has 2 amide bonds. The van der Waals surface area contributed by atoms with Gasteiger partial charge in [-0.2, -0.15) is 0 Å². The minimum Gasteiger partial charge on any atom is -0.443 e. The van der Waals surface area contributed by atoms with E-state index < -0.39 is 65.8 Å². The van der Waals surface area contributed by atoms with E-state index in [-0.39, 0.29) is 17.5 Å². The molecule has 0 fully saturated rings. The lowest BCUT2D eigenvalue weighted by molar-refractivity contribution is -0.189. The van der Waals surface area contributed by atoms with E-state index in [1.54, 1.807) is 46.8 Å². The molecule has 2 N–H and O–H groups in total. The molecule has 0 saturated carbocycles. The van der Waals surface area contributed by atoms with Crippen LogP contribution in [0.25, 0.3) is 0 Å². The Hall–Kier alpha value is -1.93. The summed E-state index contributed by atoms with van der Waals surface area (Å²) < 4.78 is 38.7. The topological polar surface area (TPSA) is 113 Å². The molecule has 9 nitrogen and oxygen atoms in total. The van der Waals surface area contributed by atoms with Crippen LogP contribution in [-0.2, 0) is 29.2 Å². The van der Waals surface area contributed by atoms with Gasteiger partial charge in [-0.15, -0.1) is 0 Å². The summed E-state index contributed by atoms with van der Waals surface area (Å²) >= 11 is 1.08. The fourth-order valence-electron chi connectivity index (χ4n) is 4.88. The lowest BCUT2D eigenvalue weighted by Crippen LogP contribution is -2.56. The Kier molecular flexibility index (Phi) is 12.5. The summed E-state index contributed by atoms with van der Waals surface area (Å²) in [5.74, 6) is -1.64. The van der Waals surface area contributed by atoms with Gasteiger partial charge in [0.25, 0.3) is 0 Å². The van der Waals surface area contributed by atoms with Crippen molar-refractivity contribution < 1.29 is 32.8 Å². The summed E-state index contributed by atoms with van der Waals surface area (Å²) in [7, 11) is 0.313. The van der Waals surface area contributed by atoms with Crippen molar-refractivity contribution in [3.8, 4) is 0 Å². The highest BCUT2D eigenvalue weighted by Gasteiger charge is 2.54. The highest BCUT2D eigenvalue weighted by molar-refractivity contribution is 8.15. The van der Waals surface area contributed by atoms with E-state index in [9.17, 15) is 9.59 Å². The first-order chi connectivity index (χ1) is 20.7. The van der Waals surface area contributed by atoms with Crippen LogP contribution in [0.4, 0.5) is 9.18 Å². The Balaban J connectivity index is 2.44. The van der Waals surface area contributed by atoms with E-state index >= 15 is 4.39 Å². The second kappa shape index (κ2) is 14.3. The average molecular weight is 682 g/mol. The molecule has 0 saturated heterocycles. The average Bonchev–Trinajstić information content (AvgIpc) is 2.88. The molecule has 0 unspecified atom stereocenters. The Morgan fingerprint density at radius 3 is 2.22 bits per heavy atom. The molecule has 0 radical (unpaired) electrons.